The second kappa shape index (κ2) is 11.2. The lowest BCUT2D eigenvalue weighted by Crippen LogP contribution is -2.23. The number of anilines is 2. The average molecular weight is 424 g/mol. The van der Waals surface area contributed by atoms with Gasteiger partial charge in [-0.05, 0) is 36.1 Å². The van der Waals surface area contributed by atoms with Gasteiger partial charge in [-0.2, -0.15) is 0 Å². The van der Waals surface area contributed by atoms with Crippen LogP contribution in [0.15, 0.2) is 55.0 Å². The van der Waals surface area contributed by atoms with Gasteiger partial charge in [-0.15, -0.1) is 0 Å². The molecule has 1 aromatic carbocycles. The lowest BCUT2D eigenvalue weighted by Gasteiger charge is -2.16. The lowest BCUT2D eigenvalue weighted by molar-refractivity contribution is 0.105. The fraction of sp³-hybridized carbons (Fsp3) is 0.348. The van der Waals surface area contributed by atoms with Crippen molar-refractivity contribution in [2.75, 3.05) is 37.4 Å². The summed E-state index contributed by atoms with van der Waals surface area (Å²) < 4.78 is 5.46. The van der Waals surface area contributed by atoms with Crippen molar-refractivity contribution in [1.82, 2.24) is 15.0 Å². The van der Waals surface area contributed by atoms with Gasteiger partial charge in [-0.1, -0.05) is 25.1 Å². The van der Waals surface area contributed by atoms with Crippen molar-refractivity contribution < 1.29 is 14.9 Å². The molecule has 0 saturated heterocycles. The van der Waals surface area contributed by atoms with Gasteiger partial charge in [0.25, 0.3) is 0 Å². The Morgan fingerprint density at radius 1 is 1.03 bits per heavy atom. The molecule has 2 heterocycles. The van der Waals surface area contributed by atoms with E-state index in [2.05, 4.69) is 38.6 Å². The van der Waals surface area contributed by atoms with Crippen LogP contribution in [-0.4, -0.2) is 58.1 Å². The highest BCUT2D eigenvalue weighted by atomic mass is 16.5. The van der Waals surface area contributed by atoms with E-state index in [0.717, 1.165) is 35.8 Å². The molecule has 0 radical (unpaired) electrons. The van der Waals surface area contributed by atoms with Crippen LogP contribution in [0.4, 0.5) is 11.6 Å². The standard InChI is InChI=1S/C23H29N5O3/c1-16(19-5-3-4-6-21(19)31-2)9-10-24-23-11-20(27-15-28-23)17-7-8-22(25-12-17)26-13-18(30)14-29/h3-8,11-12,15-16,18,29-30H,9-10,13-14H2,1-2H3,(H,25,26)(H,24,27,28)/t16?,18-/m0/s1. The summed E-state index contributed by atoms with van der Waals surface area (Å²) in [6.07, 6.45) is 3.36. The number of hydrogen-bond acceptors (Lipinski definition) is 8. The minimum atomic E-state index is -0.817. The molecule has 31 heavy (non-hydrogen) atoms. The summed E-state index contributed by atoms with van der Waals surface area (Å²) >= 11 is 0. The summed E-state index contributed by atoms with van der Waals surface area (Å²) in [6, 6.07) is 13.7. The average Bonchev–Trinajstić information content (AvgIpc) is 2.83. The molecule has 3 rings (SSSR count). The maximum Gasteiger partial charge on any atom is 0.129 e. The highest BCUT2D eigenvalue weighted by Gasteiger charge is 2.11. The van der Waals surface area contributed by atoms with Gasteiger partial charge in [0.2, 0.25) is 0 Å². The normalized spacial score (nSPS) is 12.8. The van der Waals surface area contributed by atoms with Crippen LogP contribution >= 0.6 is 0 Å². The Labute approximate surface area is 182 Å². The third kappa shape index (κ3) is 6.37. The first-order valence-electron chi connectivity index (χ1n) is 10.3. The largest absolute Gasteiger partial charge is 0.496 e. The van der Waals surface area contributed by atoms with Crippen LogP contribution in [0.1, 0.15) is 24.8 Å². The number of methoxy groups -OCH3 is 1. The molecule has 0 bridgehead atoms. The molecule has 0 aliphatic rings. The molecule has 3 aromatic rings. The van der Waals surface area contributed by atoms with Gasteiger partial charge in [0.05, 0.1) is 25.5 Å². The van der Waals surface area contributed by atoms with Crippen molar-refractivity contribution >= 4 is 11.6 Å². The minimum absolute atomic E-state index is 0.234. The first kappa shape index (κ1) is 22.5. The van der Waals surface area contributed by atoms with Gasteiger partial charge >= 0.3 is 0 Å². The van der Waals surface area contributed by atoms with Gasteiger partial charge in [0.15, 0.2) is 0 Å². The molecule has 0 aliphatic heterocycles. The van der Waals surface area contributed by atoms with Crippen LogP contribution in [0.2, 0.25) is 0 Å². The Hall–Kier alpha value is -3.23. The number of hydrogen-bond donors (Lipinski definition) is 4. The molecular formula is C23H29N5O3. The Morgan fingerprint density at radius 3 is 2.61 bits per heavy atom. The summed E-state index contributed by atoms with van der Waals surface area (Å²) in [5.74, 6) is 2.63. The van der Waals surface area contributed by atoms with E-state index in [1.54, 1.807) is 13.3 Å². The molecule has 0 amide bonds. The number of nitrogens with one attached hydrogen (secondary N) is 2. The van der Waals surface area contributed by atoms with Gasteiger partial charge in [0.1, 0.15) is 23.7 Å². The van der Waals surface area contributed by atoms with Crippen LogP contribution in [0.5, 0.6) is 5.75 Å². The minimum Gasteiger partial charge on any atom is -0.496 e. The quantitative estimate of drug-likeness (QED) is 0.372. The maximum atomic E-state index is 9.41. The summed E-state index contributed by atoms with van der Waals surface area (Å²) in [6.45, 7) is 2.90. The maximum absolute atomic E-state index is 9.41. The zero-order valence-corrected chi connectivity index (χ0v) is 17.8. The molecule has 2 aromatic heterocycles. The van der Waals surface area contributed by atoms with Gasteiger partial charge in [0, 0.05) is 30.9 Å². The molecule has 0 spiro atoms. The predicted molar refractivity (Wildman–Crippen MR) is 121 cm³/mol. The predicted octanol–water partition coefficient (Wildman–Crippen LogP) is 2.92. The van der Waals surface area contributed by atoms with Crippen molar-refractivity contribution in [2.45, 2.75) is 25.4 Å². The molecule has 2 atom stereocenters. The highest BCUT2D eigenvalue weighted by molar-refractivity contribution is 5.62. The third-order valence-electron chi connectivity index (χ3n) is 5.01. The number of para-hydroxylation sites is 1. The smallest absolute Gasteiger partial charge is 0.129 e. The number of ether oxygens (including phenoxy) is 1. The summed E-state index contributed by atoms with van der Waals surface area (Å²) in [7, 11) is 1.70. The molecule has 0 fully saturated rings. The SMILES string of the molecule is COc1ccccc1C(C)CCNc1cc(-c2ccc(NC[C@H](O)CO)nc2)ncn1. The van der Waals surface area contributed by atoms with Gasteiger partial charge in [-0.3, -0.25) is 0 Å². The van der Waals surface area contributed by atoms with Crippen LogP contribution in [0, 0.1) is 0 Å². The van der Waals surface area contributed by atoms with Crippen LogP contribution in [0.25, 0.3) is 11.3 Å². The van der Waals surface area contributed by atoms with E-state index >= 15 is 0 Å². The first-order valence-corrected chi connectivity index (χ1v) is 10.3. The summed E-state index contributed by atoms with van der Waals surface area (Å²) in [4.78, 5) is 13.0. The molecule has 0 saturated carbocycles. The number of pyridine rings is 1. The van der Waals surface area contributed by atoms with Gasteiger partial charge in [-0.25, -0.2) is 15.0 Å². The van der Waals surface area contributed by atoms with Crippen molar-refractivity contribution in [3.8, 4) is 17.0 Å². The highest BCUT2D eigenvalue weighted by Crippen LogP contribution is 2.28. The number of rotatable bonds is 11. The van der Waals surface area contributed by atoms with E-state index in [9.17, 15) is 5.11 Å². The zero-order chi connectivity index (χ0) is 22.1. The molecule has 1 unspecified atom stereocenters. The van der Waals surface area contributed by atoms with E-state index in [1.165, 1.54) is 11.9 Å². The molecule has 8 heteroatoms. The fourth-order valence-electron chi connectivity index (χ4n) is 3.19. The van der Waals surface area contributed by atoms with Crippen molar-refractivity contribution in [3.05, 3.63) is 60.6 Å². The van der Waals surface area contributed by atoms with Crippen molar-refractivity contribution in [1.29, 1.82) is 0 Å². The number of aromatic nitrogens is 3. The first-order chi connectivity index (χ1) is 15.1. The number of nitrogens with zero attached hydrogens (tertiary/aromatic N) is 3. The Bertz CT molecular complexity index is 952. The Morgan fingerprint density at radius 2 is 1.87 bits per heavy atom. The summed E-state index contributed by atoms with van der Waals surface area (Å²) in [5, 5.41) is 24.6. The van der Waals surface area contributed by atoms with Crippen LogP contribution in [-0.2, 0) is 0 Å². The molecule has 4 N–H and O–H groups in total. The zero-order valence-electron chi connectivity index (χ0n) is 17.8. The second-order valence-electron chi connectivity index (χ2n) is 7.30. The van der Waals surface area contributed by atoms with E-state index in [0.29, 0.717) is 11.7 Å². The number of benzene rings is 1. The monoisotopic (exact) mass is 423 g/mol. The van der Waals surface area contributed by atoms with E-state index in [1.807, 2.05) is 36.4 Å². The van der Waals surface area contributed by atoms with Crippen LogP contribution < -0.4 is 15.4 Å². The van der Waals surface area contributed by atoms with Crippen molar-refractivity contribution in [2.24, 2.45) is 0 Å². The second-order valence-corrected chi connectivity index (χ2v) is 7.30. The van der Waals surface area contributed by atoms with Crippen molar-refractivity contribution in [3.63, 3.8) is 0 Å². The van der Waals surface area contributed by atoms with E-state index in [-0.39, 0.29) is 13.2 Å². The molecular weight excluding hydrogens is 394 g/mol. The lowest BCUT2D eigenvalue weighted by atomic mass is 9.97. The Kier molecular flexibility index (Phi) is 8.14. The molecule has 8 nitrogen and oxygen atoms in total. The van der Waals surface area contributed by atoms with Crippen LogP contribution in [0.3, 0.4) is 0 Å². The van der Waals surface area contributed by atoms with E-state index in [4.69, 9.17) is 9.84 Å². The van der Waals surface area contributed by atoms with E-state index < -0.39 is 6.10 Å². The molecule has 0 aliphatic carbocycles. The Balaban J connectivity index is 1.56. The molecule has 164 valence electrons. The third-order valence-corrected chi connectivity index (χ3v) is 5.01. The number of aliphatic hydroxyl groups excluding tert-OH is 2. The number of aliphatic hydroxyl groups is 2. The summed E-state index contributed by atoms with van der Waals surface area (Å²) in [5.41, 5.74) is 2.83. The van der Waals surface area contributed by atoms with Gasteiger partial charge < -0.3 is 25.6 Å². The fourth-order valence-corrected chi connectivity index (χ4v) is 3.19. The topological polar surface area (TPSA) is 112 Å².